The molecule has 1 unspecified atom stereocenters. The average Bonchev–Trinajstić information content (AvgIpc) is 2.60. The number of thioether (sulfide) groups is 1. The summed E-state index contributed by atoms with van der Waals surface area (Å²) in [4.78, 5) is 0. The molecule has 0 aliphatic heterocycles. The summed E-state index contributed by atoms with van der Waals surface area (Å²) in [7, 11) is 0. The van der Waals surface area contributed by atoms with E-state index in [1.165, 1.54) is 95.6 Å². The molecule has 0 spiro atoms. The standard InChI is InChI=1S/C21H44O2S/c1-3-5-6-7-8-9-10-11-12-13-14-15-16-17-18-24-20-21(19-22)23-4-2/h21-22H,3-20H2,1-2H3. The van der Waals surface area contributed by atoms with E-state index < -0.39 is 0 Å². The maximum Gasteiger partial charge on any atom is 0.0895 e. The lowest BCUT2D eigenvalue weighted by Crippen LogP contribution is -2.20. The van der Waals surface area contributed by atoms with Crippen molar-refractivity contribution in [1.29, 1.82) is 0 Å². The van der Waals surface area contributed by atoms with Crippen LogP contribution in [0.2, 0.25) is 0 Å². The zero-order chi connectivity index (χ0) is 17.7. The van der Waals surface area contributed by atoms with Crippen LogP contribution in [0.25, 0.3) is 0 Å². The van der Waals surface area contributed by atoms with Crippen molar-refractivity contribution in [1.82, 2.24) is 0 Å². The molecule has 0 aliphatic rings. The third kappa shape index (κ3) is 18.6. The van der Waals surface area contributed by atoms with E-state index in [9.17, 15) is 0 Å². The molecule has 0 saturated heterocycles. The number of ether oxygens (including phenoxy) is 1. The molecule has 0 radical (unpaired) electrons. The molecule has 0 aromatic rings. The van der Waals surface area contributed by atoms with Crippen LogP contribution in [0.3, 0.4) is 0 Å². The van der Waals surface area contributed by atoms with Crippen molar-refractivity contribution < 1.29 is 9.84 Å². The molecule has 0 saturated carbocycles. The second-order valence-electron chi connectivity index (χ2n) is 6.93. The van der Waals surface area contributed by atoms with E-state index in [0.717, 1.165) is 5.75 Å². The van der Waals surface area contributed by atoms with Gasteiger partial charge >= 0.3 is 0 Å². The van der Waals surface area contributed by atoms with E-state index in [1.807, 2.05) is 18.7 Å². The number of aliphatic hydroxyl groups is 1. The Bertz CT molecular complexity index is 224. The van der Waals surface area contributed by atoms with Gasteiger partial charge in [0.05, 0.1) is 12.7 Å². The fourth-order valence-corrected chi connectivity index (χ4v) is 4.04. The average molecular weight is 361 g/mol. The SMILES string of the molecule is CCCCCCCCCCCCCCCCSCC(CO)OCC. The minimum Gasteiger partial charge on any atom is -0.394 e. The predicted molar refractivity (Wildman–Crippen MR) is 110 cm³/mol. The Labute approximate surface area is 156 Å². The van der Waals surface area contributed by atoms with Crippen LogP contribution in [-0.4, -0.2) is 35.9 Å². The lowest BCUT2D eigenvalue weighted by atomic mass is 10.0. The molecular formula is C21H44O2S. The highest BCUT2D eigenvalue weighted by Crippen LogP contribution is 2.14. The highest BCUT2D eigenvalue weighted by molar-refractivity contribution is 7.99. The van der Waals surface area contributed by atoms with Crippen molar-refractivity contribution in [3.8, 4) is 0 Å². The quantitative estimate of drug-likeness (QED) is 0.248. The molecule has 0 aromatic carbocycles. The molecule has 0 amide bonds. The predicted octanol–water partition coefficient (Wildman–Crippen LogP) is 6.60. The van der Waals surface area contributed by atoms with Crippen LogP contribution in [0.15, 0.2) is 0 Å². The molecule has 0 fully saturated rings. The van der Waals surface area contributed by atoms with Crippen molar-refractivity contribution in [2.75, 3.05) is 24.7 Å². The van der Waals surface area contributed by atoms with E-state index >= 15 is 0 Å². The summed E-state index contributed by atoms with van der Waals surface area (Å²) in [6.45, 7) is 5.12. The molecule has 1 N–H and O–H groups in total. The lowest BCUT2D eigenvalue weighted by molar-refractivity contribution is 0.0356. The van der Waals surface area contributed by atoms with E-state index in [0.29, 0.717) is 6.61 Å². The minimum absolute atomic E-state index is 0.0339. The van der Waals surface area contributed by atoms with Gasteiger partial charge in [-0.25, -0.2) is 0 Å². The molecule has 0 rings (SSSR count). The van der Waals surface area contributed by atoms with Gasteiger partial charge in [-0.3, -0.25) is 0 Å². The highest BCUT2D eigenvalue weighted by Gasteiger charge is 2.05. The first-order valence-corrected chi connectivity index (χ1v) is 11.8. The van der Waals surface area contributed by atoms with E-state index in [1.54, 1.807) is 0 Å². The third-order valence-electron chi connectivity index (χ3n) is 4.55. The van der Waals surface area contributed by atoms with Crippen molar-refractivity contribution in [3.63, 3.8) is 0 Å². The Morgan fingerprint density at radius 2 is 1.17 bits per heavy atom. The van der Waals surface area contributed by atoms with E-state index in [-0.39, 0.29) is 12.7 Å². The van der Waals surface area contributed by atoms with Crippen LogP contribution in [0.1, 0.15) is 104 Å². The van der Waals surface area contributed by atoms with Gasteiger partial charge < -0.3 is 9.84 Å². The van der Waals surface area contributed by atoms with Crippen LogP contribution in [0.4, 0.5) is 0 Å². The third-order valence-corrected chi connectivity index (χ3v) is 5.74. The van der Waals surface area contributed by atoms with Gasteiger partial charge in [0.2, 0.25) is 0 Å². The molecule has 0 aromatic heterocycles. The summed E-state index contributed by atoms with van der Waals surface area (Å²) in [6, 6.07) is 0. The largest absolute Gasteiger partial charge is 0.394 e. The smallest absolute Gasteiger partial charge is 0.0895 e. The number of unbranched alkanes of at least 4 members (excludes halogenated alkanes) is 13. The minimum atomic E-state index is 0.0339. The van der Waals surface area contributed by atoms with Gasteiger partial charge in [0.25, 0.3) is 0 Å². The van der Waals surface area contributed by atoms with Gasteiger partial charge in [-0.05, 0) is 19.1 Å². The Morgan fingerprint density at radius 1 is 0.708 bits per heavy atom. The van der Waals surface area contributed by atoms with Gasteiger partial charge in [-0.15, -0.1) is 0 Å². The summed E-state index contributed by atoms with van der Waals surface area (Å²) >= 11 is 1.93. The first kappa shape index (κ1) is 24.3. The molecule has 1 atom stereocenters. The molecule has 3 heteroatoms. The van der Waals surface area contributed by atoms with Crippen molar-refractivity contribution in [2.45, 2.75) is 110 Å². The number of rotatable bonds is 20. The molecule has 0 bridgehead atoms. The van der Waals surface area contributed by atoms with E-state index in [4.69, 9.17) is 9.84 Å². The van der Waals surface area contributed by atoms with Gasteiger partial charge in [-0.2, -0.15) is 11.8 Å². The normalized spacial score (nSPS) is 12.6. The maximum atomic E-state index is 9.14. The van der Waals surface area contributed by atoms with Crippen molar-refractivity contribution in [2.24, 2.45) is 0 Å². The number of hydrogen-bond acceptors (Lipinski definition) is 3. The second kappa shape index (κ2) is 21.3. The summed E-state index contributed by atoms with van der Waals surface area (Å²) < 4.78 is 5.44. The highest BCUT2D eigenvalue weighted by atomic mass is 32.2. The number of hydrogen-bond donors (Lipinski definition) is 1. The van der Waals surface area contributed by atoms with Crippen LogP contribution in [0.5, 0.6) is 0 Å². The van der Waals surface area contributed by atoms with Gasteiger partial charge in [-0.1, -0.05) is 90.4 Å². The van der Waals surface area contributed by atoms with Crippen LogP contribution < -0.4 is 0 Å². The van der Waals surface area contributed by atoms with Crippen molar-refractivity contribution in [3.05, 3.63) is 0 Å². The second-order valence-corrected chi connectivity index (χ2v) is 8.08. The molecule has 24 heavy (non-hydrogen) atoms. The Balaban J connectivity index is 3.07. The Hall–Kier alpha value is 0.270. The first-order valence-electron chi connectivity index (χ1n) is 10.6. The topological polar surface area (TPSA) is 29.5 Å². The van der Waals surface area contributed by atoms with Crippen LogP contribution in [0, 0.1) is 0 Å². The zero-order valence-electron chi connectivity index (χ0n) is 16.6. The van der Waals surface area contributed by atoms with Gasteiger partial charge in [0.15, 0.2) is 0 Å². The summed E-state index contributed by atoms with van der Waals surface area (Å²) in [5.74, 6) is 2.14. The van der Waals surface area contributed by atoms with Gasteiger partial charge in [0.1, 0.15) is 0 Å². The Morgan fingerprint density at radius 3 is 1.58 bits per heavy atom. The fourth-order valence-electron chi connectivity index (χ4n) is 3.00. The summed E-state index contributed by atoms with van der Waals surface area (Å²) in [5.41, 5.74) is 0. The van der Waals surface area contributed by atoms with Crippen LogP contribution >= 0.6 is 11.8 Å². The lowest BCUT2D eigenvalue weighted by Gasteiger charge is -2.13. The molecule has 0 heterocycles. The van der Waals surface area contributed by atoms with E-state index in [2.05, 4.69) is 6.92 Å². The first-order chi connectivity index (χ1) is 11.8. The molecular weight excluding hydrogens is 316 g/mol. The molecule has 2 nitrogen and oxygen atoms in total. The molecule has 0 aliphatic carbocycles. The Kier molecular flexibility index (Phi) is 21.6. The zero-order valence-corrected chi connectivity index (χ0v) is 17.4. The summed E-state index contributed by atoms with van der Waals surface area (Å²) in [5, 5.41) is 9.14. The molecule has 146 valence electrons. The monoisotopic (exact) mass is 360 g/mol. The summed E-state index contributed by atoms with van der Waals surface area (Å²) in [6.07, 6.45) is 19.9. The number of aliphatic hydroxyl groups excluding tert-OH is 1. The van der Waals surface area contributed by atoms with Crippen molar-refractivity contribution >= 4 is 11.8 Å². The van der Waals surface area contributed by atoms with Crippen LogP contribution in [-0.2, 0) is 4.74 Å². The van der Waals surface area contributed by atoms with Gasteiger partial charge in [0, 0.05) is 12.4 Å². The fraction of sp³-hybridized carbons (Fsp3) is 1.00. The maximum absolute atomic E-state index is 9.14.